The van der Waals surface area contributed by atoms with Gasteiger partial charge in [-0.15, -0.1) is 0 Å². The van der Waals surface area contributed by atoms with Crippen molar-refractivity contribution in [3.63, 3.8) is 0 Å². The predicted molar refractivity (Wildman–Crippen MR) is 77.2 cm³/mol. The highest BCUT2D eigenvalue weighted by atomic mass is 32.2. The van der Waals surface area contributed by atoms with Crippen LogP contribution in [-0.2, 0) is 20.1 Å². The lowest BCUT2D eigenvalue weighted by molar-refractivity contribution is -0.162. The fraction of sp³-hybridized carbons (Fsp3) is 0.600. The lowest BCUT2D eigenvalue weighted by atomic mass is 10.1. The first-order valence-electron chi connectivity index (χ1n) is 6.65. The molecule has 2 rings (SSSR count). The Labute approximate surface area is 119 Å². The van der Waals surface area contributed by atoms with Gasteiger partial charge in [-0.1, -0.05) is 19.1 Å². The van der Waals surface area contributed by atoms with Crippen LogP contribution in [0.15, 0.2) is 29.2 Å². The maximum Gasteiger partial charge on any atom is 0.163 e. The Morgan fingerprint density at radius 3 is 2.42 bits per heavy atom. The van der Waals surface area contributed by atoms with E-state index in [4.69, 9.17) is 13.7 Å². The molecule has 0 radical (unpaired) electrons. The van der Waals surface area contributed by atoms with Crippen molar-refractivity contribution in [3.05, 3.63) is 29.8 Å². The minimum absolute atomic E-state index is 0.361. The lowest BCUT2D eigenvalue weighted by Crippen LogP contribution is -2.35. The van der Waals surface area contributed by atoms with Crippen molar-refractivity contribution in [2.75, 3.05) is 13.2 Å². The molecule has 1 aliphatic rings. The molecule has 0 aromatic heterocycles. The van der Waals surface area contributed by atoms with Gasteiger partial charge in [-0.05, 0) is 44.9 Å². The standard InChI is InChI=1S/C15H22O3S/c1-5-12-6-8-13(9-7-12)19-17-11-15(4)10-16-14(2,3)18-15/h6-9H,5,10-11H2,1-4H3. The molecule has 0 saturated carbocycles. The smallest absolute Gasteiger partial charge is 0.163 e. The van der Waals surface area contributed by atoms with Gasteiger partial charge in [0.15, 0.2) is 5.79 Å². The fourth-order valence-electron chi connectivity index (χ4n) is 2.05. The van der Waals surface area contributed by atoms with Crippen molar-refractivity contribution < 1.29 is 13.7 Å². The number of hydrogen-bond donors (Lipinski definition) is 0. The molecule has 0 N–H and O–H groups in total. The number of ether oxygens (including phenoxy) is 2. The highest BCUT2D eigenvalue weighted by Gasteiger charge is 2.42. The van der Waals surface area contributed by atoms with Crippen molar-refractivity contribution in [1.82, 2.24) is 0 Å². The van der Waals surface area contributed by atoms with Crippen LogP contribution in [0.5, 0.6) is 0 Å². The van der Waals surface area contributed by atoms with E-state index in [2.05, 4.69) is 31.2 Å². The Morgan fingerprint density at radius 1 is 1.21 bits per heavy atom. The molecule has 3 nitrogen and oxygen atoms in total. The summed E-state index contributed by atoms with van der Waals surface area (Å²) >= 11 is 1.39. The third-order valence-electron chi connectivity index (χ3n) is 3.07. The summed E-state index contributed by atoms with van der Waals surface area (Å²) in [5.74, 6) is -0.508. The van der Waals surface area contributed by atoms with Crippen LogP contribution in [0.2, 0.25) is 0 Å². The molecule has 0 aliphatic carbocycles. The summed E-state index contributed by atoms with van der Waals surface area (Å²) in [4.78, 5) is 1.11. The van der Waals surface area contributed by atoms with Gasteiger partial charge in [0.05, 0.1) is 13.2 Å². The largest absolute Gasteiger partial charge is 0.347 e. The zero-order chi connectivity index (χ0) is 13.9. The topological polar surface area (TPSA) is 27.7 Å². The molecule has 1 unspecified atom stereocenters. The SMILES string of the molecule is CCc1ccc(SOCC2(C)COC(C)(C)O2)cc1. The molecule has 1 aliphatic heterocycles. The maximum atomic E-state index is 5.85. The third-order valence-corrected chi connectivity index (χ3v) is 3.77. The van der Waals surface area contributed by atoms with E-state index in [1.165, 1.54) is 17.6 Å². The van der Waals surface area contributed by atoms with Crippen LogP contribution in [-0.4, -0.2) is 24.6 Å². The molecule has 0 amide bonds. The molecule has 1 fully saturated rings. The second kappa shape index (κ2) is 5.83. The van der Waals surface area contributed by atoms with Gasteiger partial charge in [-0.25, -0.2) is 0 Å². The van der Waals surface area contributed by atoms with Crippen molar-refractivity contribution in [2.24, 2.45) is 0 Å². The van der Waals surface area contributed by atoms with Crippen molar-refractivity contribution in [3.8, 4) is 0 Å². The Bertz CT molecular complexity index is 416. The highest BCUT2D eigenvalue weighted by molar-refractivity contribution is 7.94. The zero-order valence-corrected chi connectivity index (χ0v) is 12.9. The van der Waals surface area contributed by atoms with Gasteiger partial charge in [0, 0.05) is 16.9 Å². The zero-order valence-electron chi connectivity index (χ0n) is 12.1. The van der Waals surface area contributed by atoms with E-state index in [1.807, 2.05) is 20.8 Å². The number of rotatable bonds is 5. The minimum Gasteiger partial charge on any atom is -0.347 e. The summed E-state index contributed by atoms with van der Waals surface area (Å²) in [6.45, 7) is 9.09. The molecule has 1 saturated heterocycles. The fourth-order valence-corrected chi connectivity index (χ4v) is 2.74. The van der Waals surface area contributed by atoms with Crippen LogP contribution in [0.1, 0.15) is 33.3 Å². The van der Waals surface area contributed by atoms with E-state index in [9.17, 15) is 0 Å². The maximum absolute atomic E-state index is 5.85. The second-order valence-electron chi connectivity index (χ2n) is 5.58. The number of hydrogen-bond acceptors (Lipinski definition) is 4. The van der Waals surface area contributed by atoms with E-state index >= 15 is 0 Å². The van der Waals surface area contributed by atoms with E-state index in [0.717, 1.165) is 11.3 Å². The number of aryl methyl sites for hydroxylation is 1. The summed E-state index contributed by atoms with van der Waals surface area (Å²) in [7, 11) is 0. The Balaban J connectivity index is 1.80. The van der Waals surface area contributed by atoms with Crippen molar-refractivity contribution in [1.29, 1.82) is 0 Å². The first-order chi connectivity index (χ1) is 8.92. The molecule has 0 spiro atoms. The predicted octanol–water partition coefficient (Wildman–Crippen LogP) is 3.81. The van der Waals surface area contributed by atoms with Crippen LogP contribution < -0.4 is 0 Å². The van der Waals surface area contributed by atoms with Gasteiger partial charge >= 0.3 is 0 Å². The molecular weight excluding hydrogens is 260 g/mol. The molecule has 0 bridgehead atoms. The quantitative estimate of drug-likeness (QED) is 0.767. The van der Waals surface area contributed by atoms with Gasteiger partial charge in [-0.3, -0.25) is 0 Å². The average molecular weight is 282 g/mol. The Kier molecular flexibility index (Phi) is 4.56. The summed E-state index contributed by atoms with van der Waals surface area (Å²) in [6.07, 6.45) is 1.06. The van der Waals surface area contributed by atoms with Crippen molar-refractivity contribution >= 4 is 12.0 Å². The summed E-state index contributed by atoms with van der Waals surface area (Å²) in [5, 5.41) is 0. The second-order valence-corrected chi connectivity index (χ2v) is 6.46. The lowest BCUT2D eigenvalue weighted by Gasteiger charge is -2.24. The average Bonchev–Trinajstić information content (AvgIpc) is 2.65. The highest BCUT2D eigenvalue weighted by Crippen LogP contribution is 2.32. The summed E-state index contributed by atoms with van der Waals surface area (Å²) < 4.78 is 17.1. The van der Waals surface area contributed by atoms with Crippen LogP contribution in [0.3, 0.4) is 0 Å². The van der Waals surface area contributed by atoms with Crippen LogP contribution >= 0.6 is 12.0 Å². The van der Waals surface area contributed by atoms with Gasteiger partial charge in [0.25, 0.3) is 0 Å². The summed E-state index contributed by atoms with van der Waals surface area (Å²) in [5.41, 5.74) is 0.977. The van der Waals surface area contributed by atoms with E-state index in [-0.39, 0.29) is 5.60 Å². The minimum atomic E-state index is -0.508. The first kappa shape index (κ1) is 14.9. The molecule has 1 aromatic carbocycles. The van der Waals surface area contributed by atoms with Crippen LogP contribution in [0, 0.1) is 0 Å². The molecule has 1 atom stereocenters. The normalized spacial score (nSPS) is 25.7. The number of benzene rings is 1. The molecule has 4 heteroatoms. The van der Waals surface area contributed by atoms with Gasteiger partial charge in [0.1, 0.15) is 5.60 Å². The molecule has 106 valence electrons. The van der Waals surface area contributed by atoms with Gasteiger partial charge in [0.2, 0.25) is 0 Å². The van der Waals surface area contributed by atoms with E-state index in [0.29, 0.717) is 13.2 Å². The molecular formula is C15H22O3S. The van der Waals surface area contributed by atoms with E-state index < -0.39 is 5.79 Å². The van der Waals surface area contributed by atoms with E-state index in [1.54, 1.807) is 0 Å². The molecule has 1 heterocycles. The van der Waals surface area contributed by atoms with Crippen LogP contribution in [0.25, 0.3) is 0 Å². The molecule has 19 heavy (non-hydrogen) atoms. The van der Waals surface area contributed by atoms with Gasteiger partial charge < -0.3 is 13.7 Å². The third kappa shape index (κ3) is 4.21. The first-order valence-corrected chi connectivity index (χ1v) is 7.39. The Morgan fingerprint density at radius 2 is 1.89 bits per heavy atom. The monoisotopic (exact) mass is 282 g/mol. The molecule has 1 aromatic rings. The Hall–Kier alpha value is -0.550. The summed E-state index contributed by atoms with van der Waals surface area (Å²) in [6, 6.07) is 8.43. The van der Waals surface area contributed by atoms with Gasteiger partial charge in [-0.2, -0.15) is 0 Å². The van der Waals surface area contributed by atoms with Crippen molar-refractivity contribution in [2.45, 2.75) is 50.4 Å². The van der Waals surface area contributed by atoms with Crippen LogP contribution in [0.4, 0.5) is 0 Å².